The molecule has 1 amide bonds. The first-order valence-corrected chi connectivity index (χ1v) is 7.28. The van der Waals surface area contributed by atoms with Gasteiger partial charge < -0.3 is 9.64 Å². The van der Waals surface area contributed by atoms with Crippen LogP contribution in [0.3, 0.4) is 0 Å². The molecule has 2 aromatic carbocycles. The Bertz CT molecular complexity index is 637. The van der Waals surface area contributed by atoms with Crippen molar-refractivity contribution in [3.8, 4) is 5.75 Å². The molecule has 1 aliphatic heterocycles. The van der Waals surface area contributed by atoms with E-state index < -0.39 is 0 Å². The van der Waals surface area contributed by atoms with E-state index in [1.165, 1.54) is 0 Å². The Labute approximate surface area is 125 Å². The molecule has 0 bridgehead atoms. The Morgan fingerprint density at radius 3 is 2.43 bits per heavy atom. The summed E-state index contributed by atoms with van der Waals surface area (Å²) in [4.78, 5) is 14.6. The molecule has 1 aliphatic rings. The van der Waals surface area contributed by atoms with Crippen molar-refractivity contribution in [3.05, 3.63) is 65.7 Å². The largest absolute Gasteiger partial charge is 0.483 e. The first kappa shape index (κ1) is 13.7. The first-order chi connectivity index (χ1) is 10.2. The molecule has 0 fully saturated rings. The van der Waals surface area contributed by atoms with Gasteiger partial charge in [0.25, 0.3) is 5.91 Å². The summed E-state index contributed by atoms with van der Waals surface area (Å²) in [6.07, 6.45) is -0.138. The summed E-state index contributed by atoms with van der Waals surface area (Å²) in [6.45, 7) is 4.64. The summed E-state index contributed by atoms with van der Waals surface area (Å²) in [7, 11) is 0. The van der Waals surface area contributed by atoms with E-state index >= 15 is 0 Å². The highest BCUT2D eigenvalue weighted by atomic mass is 16.5. The van der Waals surface area contributed by atoms with Crippen molar-refractivity contribution in [1.82, 2.24) is 4.90 Å². The third-order valence-corrected chi connectivity index (χ3v) is 3.80. The molecule has 3 rings (SSSR count). The Balaban J connectivity index is 2.04. The smallest absolute Gasteiger partial charge is 0.257 e. The fraction of sp³-hybridized carbons (Fsp3) is 0.278. The van der Waals surface area contributed by atoms with Crippen LogP contribution in [0.1, 0.15) is 35.9 Å². The van der Waals surface area contributed by atoms with Crippen molar-refractivity contribution < 1.29 is 9.53 Å². The molecule has 3 heteroatoms. The summed E-state index contributed by atoms with van der Waals surface area (Å²) < 4.78 is 6.13. The van der Waals surface area contributed by atoms with E-state index in [0.29, 0.717) is 17.9 Å². The first-order valence-electron chi connectivity index (χ1n) is 7.28. The lowest BCUT2D eigenvalue weighted by molar-refractivity contribution is 0.0647. The monoisotopic (exact) mass is 281 g/mol. The maximum absolute atomic E-state index is 12.7. The molecule has 0 saturated carbocycles. The molecule has 108 valence electrons. The number of para-hydroxylation sites is 1. The molecule has 1 heterocycles. The number of fused-ring (bicyclic) bond motifs is 1. The van der Waals surface area contributed by atoms with E-state index in [9.17, 15) is 4.79 Å². The fourth-order valence-corrected chi connectivity index (χ4v) is 2.64. The summed E-state index contributed by atoms with van der Waals surface area (Å²) in [6, 6.07) is 17.7. The van der Waals surface area contributed by atoms with Gasteiger partial charge in [-0.25, -0.2) is 0 Å². The molecule has 0 aromatic heterocycles. The SMILES string of the molecule is CC(C)N1C[C@@H](c2ccccc2)Oc2ccccc2C1=O. The molecule has 0 aliphatic carbocycles. The van der Waals surface area contributed by atoms with Gasteiger partial charge in [0.1, 0.15) is 11.9 Å². The maximum Gasteiger partial charge on any atom is 0.257 e. The minimum atomic E-state index is -0.138. The van der Waals surface area contributed by atoms with Crippen LogP contribution in [0.4, 0.5) is 0 Å². The second-order valence-corrected chi connectivity index (χ2v) is 5.56. The quantitative estimate of drug-likeness (QED) is 0.840. The van der Waals surface area contributed by atoms with Crippen molar-refractivity contribution in [2.24, 2.45) is 0 Å². The van der Waals surface area contributed by atoms with Crippen molar-refractivity contribution in [3.63, 3.8) is 0 Å². The summed E-state index contributed by atoms with van der Waals surface area (Å²) in [5.74, 6) is 0.707. The van der Waals surface area contributed by atoms with E-state index in [1.54, 1.807) is 0 Å². The molecular formula is C18H19NO2. The second kappa shape index (κ2) is 5.60. The third-order valence-electron chi connectivity index (χ3n) is 3.80. The van der Waals surface area contributed by atoms with Crippen molar-refractivity contribution in [2.45, 2.75) is 26.0 Å². The van der Waals surface area contributed by atoms with Crippen LogP contribution in [-0.4, -0.2) is 23.4 Å². The minimum absolute atomic E-state index is 0.0408. The molecule has 0 radical (unpaired) electrons. The fourth-order valence-electron chi connectivity index (χ4n) is 2.64. The van der Waals surface area contributed by atoms with Crippen molar-refractivity contribution >= 4 is 5.91 Å². The number of carbonyl (C=O) groups excluding carboxylic acids is 1. The van der Waals surface area contributed by atoms with Gasteiger partial charge in [0.15, 0.2) is 0 Å². The molecular weight excluding hydrogens is 262 g/mol. The number of carbonyl (C=O) groups is 1. The lowest BCUT2D eigenvalue weighted by atomic mass is 10.1. The van der Waals surface area contributed by atoms with Crippen LogP contribution in [0.25, 0.3) is 0 Å². The Hall–Kier alpha value is -2.29. The molecule has 1 atom stereocenters. The highest BCUT2D eigenvalue weighted by Crippen LogP contribution is 2.31. The van der Waals surface area contributed by atoms with Gasteiger partial charge in [-0.2, -0.15) is 0 Å². The van der Waals surface area contributed by atoms with Crippen LogP contribution in [0.2, 0.25) is 0 Å². The number of ether oxygens (including phenoxy) is 1. The molecule has 0 N–H and O–H groups in total. The van der Waals surface area contributed by atoms with E-state index in [1.807, 2.05) is 73.3 Å². The number of hydrogen-bond donors (Lipinski definition) is 0. The van der Waals surface area contributed by atoms with E-state index in [4.69, 9.17) is 4.74 Å². The number of rotatable bonds is 2. The van der Waals surface area contributed by atoms with Gasteiger partial charge >= 0.3 is 0 Å². The minimum Gasteiger partial charge on any atom is -0.483 e. The maximum atomic E-state index is 12.7. The van der Waals surface area contributed by atoms with Crippen molar-refractivity contribution in [2.75, 3.05) is 6.54 Å². The van der Waals surface area contributed by atoms with Gasteiger partial charge in [0.2, 0.25) is 0 Å². The predicted molar refractivity (Wildman–Crippen MR) is 82.4 cm³/mol. The van der Waals surface area contributed by atoms with Gasteiger partial charge in [0, 0.05) is 6.04 Å². The van der Waals surface area contributed by atoms with Crippen LogP contribution >= 0.6 is 0 Å². The van der Waals surface area contributed by atoms with Gasteiger partial charge in [-0.05, 0) is 31.5 Å². The average Bonchev–Trinajstić information content (AvgIpc) is 2.66. The van der Waals surface area contributed by atoms with Crippen LogP contribution in [-0.2, 0) is 0 Å². The van der Waals surface area contributed by atoms with Crippen LogP contribution in [0.15, 0.2) is 54.6 Å². The van der Waals surface area contributed by atoms with Gasteiger partial charge in [-0.3, -0.25) is 4.79 Å². The molecule has 3 nitrogen and oxygen atoms in total. The van der Waals surface area contributed by atoms with Gasteiger partial charge in [-0.15, -0.1) is 0 Å². The lowest BCUT2D eigenvalue weighted by Crippen LogP contribution is -2.39. The zero-order valence-corrected chi connectivity index (χ0v) is 12.3. The second-order valence-electron chi connectivity index (χ2n) is 5.56. The number of hydrogen-bond acceptors (Lipinski definition) is 2. The van der Waals surface area contributed by atoms with E-state index in [2.05, 4.69) is 0 Å². The zero-order chi connectivity index (χ0) is 14.8. The number of amides is 1. The third kappa shape index (κ3) is 2.64. The molecule has 21 heavy (non-hydrogen) atoms. The predicted octanol–water partition coefficient (Wildman–Crippen LogP) is 3.67. The summed E-state index contributed by atoms with van der Waals surface area (Å²) in [5, 5.41) is 0. The highest BCUT2D eigenvalue weighted by molar-refractivity contribution is 5.97. The van der Waals surface area contributed by atoms with E-state index in [0.717, 1.165) is 5.56 Å². The number of benzene rings is 2. The number of nitrogens with zero attached hydrogens (tertiary/aromatic N) is 1. The normalized spacial score (nSPS) is 18.1. The summed E-state index contributed by atoms with van der Waals surface area (Å²) >= 11 is 0. The molecule has 2 aromatic rings. The van der Waals surface area contributed by atoms with Crippen LogP contribution < -0.4 is 4.74 Å². The molecule has 0 saturated heterocycles. The average molecular weight is 281 g/mol. The van der Waals surface area contributed by atoms with Crippen LogP contribution in [0, 0.1) is 0 Å². The topological polar surface area (TPSA) is 29.5 Å². The molecule has 0 unspecified atom stereocenters. The van der Waals surface area contributed by atoms with E-state index in [-0.39, 0.29) is 18.1 Å². The Morgan fingerprint density at radius 1 is 1.05 bits per heavy atom. The Morgan fingerprint density at radius 2 is 1.71 bits per heavy atom. The highest BCUT2D eigenvalue weighted by Gasteiger charge is 2.30. The van der Waals surface area contributed by atoms with Crippen LogP contribution in [0.5, 0.6) is 5.75 Å². The van der Waals surface area contributed by atoms with Gasteiger partial charge in [0.05, 0.1) is 12.1 Å². The standard InChI is InChI=1S/C18H19NO2/c1-13(2)19-12-17(14-8-4-3-5-9-14)21-16-11-7-6-10-15(16)18(19)20/h3-11,13,17H,12H2,1-2H3/t17-/m0/s1. The molecule has 0 spiro atoms. The zero-order valence-electron chi connectivity index (χ0n) is 12.3. The summed E-state index contributed by atoms with van der Waals surface area (Å²) in [5.41, 5.74) is 1.73. The lowest BCUT2D eigenvalue weighted by Gasteiger charge is -2.27. The van der Waals surface area contributed by atoms with Crippen molar-refractivity contribution in [1.29, 1.82) is 0 Å². The Kier molecular flexibility index (Phi) is 3.65. The van der Waals surface area contributed by atoms with Gasteiger partial charge in [-0.1, -0.05) is 42.5 Å².